The van der Waals surface area contributed by atoms with E-state index >= 15 is 0 Å². The summed E-state index contributed by atoms with van der Waals surface area (Å²) in [5.74, 6) is 0.552. The number of benzene rings is 3. The van der Waals surface area contributed by atoms with Crippen LogP contribution in [0.1, 0.15) is 17.0 Å². The maximum atomic E-state index is 13.2. The van der Waals surface area contributed by atoms with Gasteiger partial charge in [0.05, 0.1) is 6.42 Å². The van der Waals surface area contributed by atoms with Gasteiger partial charge in [0.15, 0.2) is 0 Å². The lowest BCUT2D eigenvalue weighted by molar-refractivity contribution is -0.130. The smallest absolute Gasteiger partial charge is 0.228 e. The third-order valence-corrected chi connectivity index (χ3v) is 5.52. The van der Waals surface area contributed by atoms with E-state index in [0.29, 0.717) is 36.2 Å². The Morgan fingerprint density at radius 3 is 2.42 bits per heavy atom. The second-order valence-electron chi connectivity index (χ2n) is 7.69. The Balaban J connectivity index is 1.43. The molecule has 4 aromatic rings. The van der Waals surface area contributed by atoms with Crippen molar-refractivity contribution in [2.75, 3.05) is 13.1 Å². The van der Waals surface area contributed by atoms with Crippen molar-refractivity contribution in [1.82, 2.24) is 15.0 Å². The largest absolute Gasteiger partial charge is 0.342 e. The summed E-state index contributed by atoms with van der Waals surface area (Å²) in [6, 6.07) is 23.3. The van der Waals surface area contributed by atoms with Crippen LogP contribution in [0.15, 0.2) is 83.4 Å². The molecule has 1 aromatic heterocycles. The Labute approximate surface area is 196 Å². The lowest BCUT2D eigenvalue weighted by atomic mass is 10.1. The van der Waals surface area contributed by atoms with Crippen LogP contribution >= 0.6 is 11.6 Å². The van der Waals surface area contributed by atoms with Crippen molar-refractivity contribution >= 4 is 17.5 Å². The lowest BCUT2D eigenvalue weighted by Crippen LogP contribution is -2.36. The van der Waals surface area contributed by atoms with Gasteiger partial charge in [-0.1, -0.05) is 71.4 Å². The van der Waals surface area contributed by atoms with Crippen LogP contribution in [0.3, 0.4) is 0 Å². The number of nitrogens with zero attached hydrogens (tertiary/aromatic N) is 3. The van der Waals surface area contributed by atoms with Crippen LogP contribution in [0.5, 0.6) is 0 Å². The monoisotopic (exact) mass is 463 g/mol. The number of halogens is 2. The normalized spacial score (nSPS) is 10.8. The van der Waals surface area contributed by atoms with Gasteiger partial charge in [0.25, 0.3) is 0 Å². The van der Waals surface area contributed by atoms with Gasteiger partial charge in [-0.25, -0.2) is 4.39 Å². The Hall–Kier alpha value is -3.51. The molecule has 0 fully saturated rings. The molecule has 0 saturated heterocycles. The number of rotatable bonds is 9. The summed E-state index contributed by atoms with van der Waals surface area (Å²) in [6.07, 6.45) is 1.36. The van der Waals surface area contributed by atoms with Gasteiger partial charge in [-0.05, 0) is 41.8 Å². The third-order valence-electron chi connectivity index (χ3n) is 5.28. The Morgan fingerprint density at radius 2 is 1.67 bits per heavy atom. The van der Waals surface area contributed by atoms with Gasteiger partial charge in [0, 0.05) is 30.1 Å². The SMILES string of the molecule is O=C(Cc1ccc(F)cc1)N(CCc1ccccc1)CCc1nc(-c2cccc(Cl)c2)no1. The molecule has 0 unspecified atom stereocenters. The van der Waals surface area contributed by atoms with Crippen molar-refractivity contribution in [2.24, 2.45) is 0 Å². The molecule has 5 nitrogen and oxygen atoms in total. The third kappa shape index (κ3) is 6.49. The van der Waals surface area contributed by atoms with Crippen molar-refractivity contribution in [1.29, 1.82) is 0 Å². The fourth-order valence-corrected chi connectivity index (χ4v) is 3.68. The molecular formula is C26H23ClFN3O2. The minimum atomic E-state index is -0.320. The number of carbonyl (C=O) groups excluding carboxylic acids is 1. The van der Waals surface area contributed by atoms with Crippen molar-refractivity contribution in [2.45, 2.75) is 19.3 Å². The van der Waals surface area contributed by atoms with E-state index < -0.39 is 0 Å². The highest BCUT2D eigenvalue weighted by atomic mass is 35.5. The predicted molar refractivity (Wildman–Crippen MR) is 125 cm³/mol. The van der Waals surface area contributed by atoms with Gasteiger partial charge >= 0.3 is 0 Å². The van der Waals surface area contributed by atoms with E-state index in [-0.39, 0.29) is 18.1 Å². The van der Waals surface area contributed by atoms with Crippen molar-refractivity contribution < 1.29 is 13.7 Å². The molecule has 0 N–H and O–H groups in total. The Kier molecular flexibility index (Phi) is 7.47. The van der Waals surface area contributed by atoms with Crippen LogP contribution in [-0.2, 0) is 24.1 Å². The zero-order valence-corrected chi connectivity index (χ0v) is 18.7. The molecular weight excluding hydrogens is 441 g/mol. The van der Waals surface area contributed by atoms with E-state index in [4.69, 9.17) is 16.1 Å². The molecule has 0 spiro atoms. The highest BCUT2D eigenvalue weighted by Crippen LogP contribution is 2.20. The predicted octanol–water partition coefficient (Wildman–Crippen LogP) is 5.39. The van der Waals surface area contributed by atoms with E-state index in [1.165, 1.54) is 12.1 Å². The fraction of sp³-hybridized carbons (Fsp3) is 0.192. The fourth-order valence-electron chi connectivity index (χ4n) is 3.49. The van der Waals surface area contributed by atoms with Gasteiger partial charge in [0.2, 0.25) is 17.6 Å². The van der Waals surface area contributed by atoms with Crippen molar-refractivity contribution in [3.8, 4) is 11.4 Å². The van der Waals surface area contributed by atoms with Crippen LogP contribution in [0.2, 0.25) is 5.02 Å². The first-order valence-corrected chi connectivity index (χ1v) is 11.1. The zero-order valence-electron chi connectivity index (χ0n) is 18.0. The molecule has 0 atom stereocenters. The van der Waals surface area contributed by atoms with E-state index in [1.54, 1.807) is 29.2 Å². The van der Waals surface area contributed by atoms with Gasteiger partial charge < -0.3 is 9.42 Å². The van der Waals surface area contributed by atoms with Gasteiger partial charge in [-0.3, -0.25) is 4.79 Å². The van der Waals surface area contributed by atoms with Crippen LogP contribution in [0, 0.1) is 5.82 Å². The summed E-state index contributed by atoms with van der Waals surface area (Å²) < 4.78 is 18.6. The minimum Gasteiger partial charge on any atom is -0.342 e. The topological polar surface area (TPSA) is 59.2 Å². The van der Waals surface area contributed by atoms with Crippen LogP contribution in [-0.4, -0.2) is 34.0 Å². The second-order valence-corrected chi connectivity index (χ2v) is 8.13. The van der Waals surface area contributed by atoms with Crippen molar-refractivity contribution in [3.63, 3.8) is 0 Å². The number of hydrogen-bond acceptors (Lipinski definition) is 4. The van der Waals surface area contributed by atoms with Crippen LogP contribution in [0.25, 0.3) is 11.4 Å². The van der Waals surface area contributed by atoms with Gasteiger partial charge in [-0.15, -0.1) is 0 Å². The first-order chi connectivity index (χ1) is 16.1. The van der Waals surface area contributed by atoms with Crippen LogP contribution in [0.4, 0.5) is 4.39 Å². The number of amides is 1. The molecule has 1 heterocycles. The molecule has 0 radical (unpaired) electrons. The summed E-state index contributed by atoms with van der Waals surface area (Å²) in [6.45, 7) is 0.989. The molecule has 0 aliphatic rings. The van der Waals surface area contributed by atoms with Crippen LogP contribution < -0.4 is 0 Å². The first kappa shape index (κ1) is 22.7. The summed E-state index contributed by atoms with van der Waals surface area (Å²) in [5, 5.41) is 4.63. The maximum Gasteiger partial charge on any atom is 0.228 e. The molecule has 7 heteroatoms. The molecule has 0 aliphatic heterocycles. The van der Waals surface area contributed by atoms with Crippen molar-refractivity contribution in [3.05, 3.63) is 107 Å². The molecule has 0 aliphatic carbocycles. The maximum absolute atomic E-state index is 13.2. The standard InChI is InChI=1S/C26H23ClFN3O2/c27-22-8-4-7-21(18-22)26-29-24(33-30-26)14-16-31(15-13-19-5-2-1-3-6-19)25(32)17-20-9-11-23(28)12-10-20/h1-12,18H,13-17H2. The molecule has 1 amide bonds. The molecule has 168 valence electrons. The van der Waals surface area contributed by atoms with E-state index in [9.17, 15) is 9.18 Å². The highest BCUT2D eigenvalue weighted by molar-refractivity contribution is 6.30. The molecule has 0 saturated carbocycles. The van der Waals surface area contributed by atoms with E-state index in [1.807, 2.05) is 42.5 Å². The average molecular weight is 464 g/mol. The second kappa shape index (κ2) is 10.9. The van der Waals surface area contributed by atoms with E-state index in [2.05, 4.69) is 10.1 Å². The zero-order chi connectivity index (χ0) is 23.0. The highest BCUT2D eigenvalue weighted by Gasteiger charge is 2.17. The molecule has 33 heavy (non-hydrogen) atoms. The summed E-state index contributed by atoms with van der Waals surface area (Å²) in [4.78, 5) is 19.3. The summed E-state index contributed by atoms with van der Waals surface area (Å²) in [5.41, 5.74) is 2.69. The summed E-state index contributed by atoms with van der Waals surface area (Å²) in [7, 11) is 0. The van der Waals surface area contributed by atoms with Gasteiger partial charge in [0.1, 0.15) is 5.82 Å². The number of carbonyl (C=O) groups is 1. The average Bonchev–Trinajstić information content (AvgIpc) is 3.30. The number of hydrogen-bond donors (Lipinski definition) is 0. The first-order valence-electron chi connectivity index (χ1n) is 10.7. The van der Waals surface area contributed by atoms with Gasteiger partial charge in [-0.2, -0.15) is 4.98 Å². The molecule has 0 bridgehead atoms. The quantitative estimate of drug-likeness (QED) is 0.334. The molecule has 3 aromatic carbocycles. The minimum absolute atomic E-state index is 0.0351. The molecule has 4 rings (SSSR count). The summed E-state index contributed by atoms with van der Waals surface area (Å²) >= 11 is 6.05. The Bertz CT molecular complexity index is 1200. The number of aromatic nitrogens is 2. The Morgan fingerprint density at radius 1 is 0.909 bits per heavy atom. The lowest BCUT2D eigenvalue weighted by Gasteiger charge is -2.22. The van der Waals surface area contributed by atoms with E-state index in [0.717, 1.165) is 23.1 Å².